The molecule has 1 amide bonds. The molecule has 1 aliphatic rings. The van der Waals surface area contributed by atoms with Crippen LogP contribution in [-0.2, 0) is 4.74 Å². The van der Waals surface area contributed by atoms with E-state index in [1.54, 1.807) is 43.5 Å². The lowest BCUT2D eigenvalue weighted by molar-refractivity contribution is 0.0526. The molecule has 1 aromatic carbocycles. The second kappa shape index (κ2) is 8.59. The van der Waals surface area contributed by atoms with Gasteiger partial charge < -0.3 is 19.9 Å². The Morgan fingerprint density at radius 2 is 1.81 bits per heavy atom. The topological polar surface area (TPSA) is 87.7 Å². The molecule has 2 aromatic rings. The minimum absolute atomic E-state index is 0.299. The molecule has 1 aromatic heterocycles. The van der Waals surface area contributed by atoms with Crippen LogP contribution in [0.4, 0.5) is 11.6 Å². The van der Waals surface area contributed by atoms with Gasteiger partial charge in [0.15, 0.2) is 0 Å². The Morgan fingerprint density at radius 3 is 2.48 bits per heavy atom. The number of carbonyl (C=O) groups excluding carboxylic acids is 2. The van der Waals surface area contributed by atoms with E-state index in [0.29, 0.717) is 29.5 Å². The number of aromatic nitrogens is 2. The van der Waals surface area contributed by atoms with E-state index in [-0.39, 0.29) is 11.9 Å². The van der Waals surface area contributed by atoms with Crippen LogP contribution in [0.2, 0.25) is 0 Å². The monoisotopic (exact) mass is 369 g/mol. The van der Waals surface area contributed by atoms with Crippen LogP contribution >= 0.6 is 0 Å². The minimum Gasteiger partial charge on any atom is -0.462 e. The molecule has 142 valence electrons. The summed E-state index contributed by atoms with van der Waals surface area (Å²) in [5, 5.41) is 2.79. The van der Waals surface area contributed by atoms with Crippen LogP contribution in [0.5, 0.6) is 0 Å². The van der Waals surface area contributed by atoms with Gasteiger partial charge in [-0.15, -0.1) is 0 Å². The summed E-state index contributed by atoms with van der Waals surface area (Å²) in [4.78, 5) is 37.2. The molecule has 1 aliphatic heterocycles. The number of esters is 1. The molecular weight excluding hydrogens is 346 g/mol. The normalized spacial score (nSPS) is 14.7. The number of anilines is 2. The zero-order valence-corrected chi connectivity index (χ0v) is 15.5. The Bertz CT molecular complexity index is 801. The molecule has 0 unspecified atom stereocenters. The standard InChI is InChI=1S/C19H23N5O3/c1-3-27-18(26)14-4-6-15(7-5-14)21-17(25)16-8-9-20-19(22-16)24-12-10-23(2)11-13-24/h4-9H,3,10-13H2,1-2H3,(H,21,25). The summed E-state index contributed by atoms with van der Waals surface area (Å²) in [7, 11) is 2.08. The SMILES string of the molecule is CCOC(=O)c1ccc(NC(=O)c2ccnc(N3CCN(C)CC3)n2)cc1. The summed E-state index contributed by atoms with van der Waals surface area (Å²) in [5.41, 5.74) is 1.32. The fraction of sp³-hybridized carbons (Fsp3) is 0.368. The fourth-order valence-electron chi connectivity index (χ4n) is 2.73. The Kier molecular flexibility index (Phi) is 5.97. The van der Waals surface area contributed by atoms with E-state index in [1.807, 2.05) is 0 Å². The van der Waals surface area contributed by atoms with Crippen molar-refractivity contribution in [2.75, 3.05) is 50.1 Å². The van der Waals surface area contributed by atoms with Gasteiger partial charge in [-0.2, -0.15) is 0 Å². The number of benzene rings is 1. The van der Waals surface area contributed by atoms with Crippen molar-refractivity contribution in [2.45, 2.75) is 6.92 Å². The van der Waals surface area contributed by atoms with E-state index >= 15 is 0 Å². The highest BCUT2D eigenvalue weighted by Crippen LogP contribution is 2.14. The van der Waals surface area contributed by atoms with Gasteiger partial charge >= 0.3 is 5.97 Å². The molecular formula is C19H23N5O3. The highest BCUT2D eigenvalue weighted by Gasteiger charge is 2.18. The number of nitrogens with zero attached hydrogens (tertiary/aromatic N) is 4. The van der Waals surface area contributed by atoms with Gasteiger partial charge in [0.25, 0.3) is 5.91 Å². The van der Waals surface area contributed by atoms with E-state index in [4.69, 9.17) is 4.74 Å². The van der Waals surface area contributed by atoms with Gasteiger partial charge in [-0.3, -0.25) is 4.79 Å². The molecule has 0 radical (unpaired) electrons. The smallest absolute Gasteiger partial charge is 0.338 e. The predicted molar refractivity (Wildman–Crippen MR) is 102 cm³/mol. The second-order valence-electron chi connectivity index (χ2n) is 6.28. The maximum Gasteiger partial charge on any atom is 0.338 e. The third kappa shape index (κ3) is 4.79. The van der Waals surface area contributed by atoms with E-state index < -0.39 is 0 Å². The van der Waals surface area contributed by atoms with Crippen molar-refractivity contribution in [3.63, 3.8) is 0 Å². The van der Waals surface area contributed by atoms with Crippen LogP contribution < -0.4 is 10.2 Å². The van der Waals surface area contributed by atoms with E-state index in [0.717, 1.165) is 26.2 Å². The van der Waals surface area contributed by atoms with Gasteiger partial charge in [0.2, 0.25) is 5.95 Å². The quantitative estimate of drug-likeness (QED) is 0.802. The van der Waals surface area contributed by atoms with Crippen molar-refractivity contribution >= 4 is 23.5 Å². The first kappa shape index (κ1) is 18.8. The van der Waals surface area contributed by atoms with Crippen molar-refractivity contribution in [3.8, 4) is 0 Å². The third-order valence-electron chi connectivity index (χ3n) is 4.32. The second-order valence-corrected chi connectivity index (χ2v) is 6.28. The highest BCUT2D eigenvalue weighted by molar-refractivity contribution is 6.03. The number of carbonyl (C=O) groups is 2. The van der Waals surface area contributed by atoms with Gasteiger partial charge in [-0.1, -0.05) is 0 Å². The van der Waals surface area contributed by atoms with Crippen molar-refractivity contribution in [1.29, 1.82) is 0 Å². The number of piperazine rings is 1. The molecule has 1 fully saturated rings. The van der Waals surface area contributed by atoms with Crippen LogP contribution in [0.3, 0.4) is 0 Å². The lowest BCUT2D eigenvalue weighted by Gasteiger charge is -2.32. The van der Waals surface area contributed by atoms with Crippen molar-refractivity contribution in [3.05, 3.63) is 47.8 Å². The number of nitrogens with one attached hydrogen (secondary N) is 1. The largest absolute Gasteiger partial charge is 0.462 e. The number of hydrogen-bond acceptors (Lipinski definition) is 7. The fourth-order valence-corrected chi connectivity index (χ4v) is 2.73. The summed E-state index contributed by atoms with van der Waals surface area (Å²) in [5.74, 6) is -0.145. The van der Waals surface area contributed by atoms with E-state index in [1.165, 1.54) is 0 Å². The predicted octanol–water partition coefficient (Wildman–Crippen LogP) is 1.66. The summed E-state index contributed by atoms with van der Waals surface area (Å²) in [6.45, 7) is 5.61. The minimum atomic E-state index is -0.386. The van der Waals surface area contributed by atoms with Gasteiger partial charge in [0.05, 0.1) is 12.2 Å². The van der Waals surface area contributed by atoms with Crippen molar-refractivity contribution in [2.24, 2.45) is 0 Å². The van der Waals surface area contributed by atoms with Crippen molar-refractivity contribution in [1.82, 2.24) is 14.9 Å². The maximum atomic E-state index is 12.5. The molecule has 8 heteroatoms. The molecule has 8 nitrogen and oxygen atoms in total. The summed E-state index contributed by atoms with van der Waals surface area (Å²) in [6, 6.07) is 8.13. The lowest BCUT2D eigenvalue weighted by atomic mass is 10.2. The molecule has 0 bridgehead atoms. The number of ether oxygens (including phenoxy) is 1. The zero-order chi connectivity index (χ0) is 19.2. The van der Waals surface area contributed by atoms with E-state index in [9.17, 15) is 9.59 Å². The molecule has 0 atom stereocenters. The zero-order valence-electron chi connectivity index (χ0n) is 15.5. The van der Waals surface area contributed by atoms with Crippen LogP contribution in [-0.4, -0.2) is 66.6 Å². The van der Waals surface area contributed by atoms with Crippen LogP contribution in [0, 0.1) is 0 Å². The molecule has 27 heavy (non-hydrogen) atoms. The maximum absolute atomic E-state index is 12.5. The Hall–Kier alpha value is -3.00. The third-order valence-corrected chi connectivity index (χ3v) is 4.32. The summed E-state index contributed by atoms with van der Waals surface area (Å²) < 4.78 is 4.94. The summed E-state index contributed by atoms with van der Waals surface area (Å²) >= 11 is 0. The Labute approximate surface area is 158 Å². The number of likely N-dealkylation sites (N-methyl/N-ethyl adjacent to an activating group) is 1. The van der Waals surface area contributed by atoms with Crippen LogP contribution in [0.15, 0.2) is 36.5 Å². The van der Waals surface area contributed by atoms with Gasteiger partial charge in [-0.25, -0.2) is 14.8 Å². The lowest BCUT2D eigenvalue weighted by Crippen LogP contribution is -2.45. The van der Waals surface area contributed by atoms with E-state index in [2.05, 4.69) is 32.1 Å². The average Bonchev–Trinajstić information content (AvgIpc) is 2.69. The Morgan fingerprint density at radius 1 is 1.11 bits per heavy atom. The van der Waals surface area contributed by atoms with Gasteiger partial charge in [-0.05, 0) is 44.3 Å². The highest BCUT2D eigenvalue weighted by atomic mass is 16.5. The molecule has 0 aliphatic carbocycles. The first-order valence-electron chi connectivity index (χ1n) is 8.92. The molecule has 3 rings (SSSR count). The summed E-state index contributed by atoms with van der Waals surface area (Å²) in [6.07, 6.45) is 1.60. The first-order chi connectivity index (χ1) is 13.1. The van der Waals surface area contributed by atoms with Gasteiger partial charge in [0.1, 0.15) is 5.69 Å². The van der Waals surface area contributed by atoms with Crippen LogP contribution in [0.1, 0.15) is 27.8 Å². The number of rotatable bonds is 5. The molecule has 2 heterocycles. The van der Waals surface area contributed by atoms with Crippen molar-refractivity contribution < 1.29 is 14.3 Å². The molecule has 1 saturated heterocycles. The Balaban J connectivity index is 1.66. The van der Waals surface area contributed by atoms with Gasteiger partial charge in [0, 0.05) is 38.1 Å². The van der Waals surface area contributed by atoms with Crippen LogP contribution in [0.25, 0.3) is 0 Å². The first-order valence-corrected chi connectivity index (χ1v) is 8.92. The average molecular weight is 369 g/mol. The molecule has 1 N–H and O–H groups in total. The molecule has 0 saturated carbocycles. The number of hydrogen-bond donors (Lipinski definition) is 1. The number of amides is 1. The molecule has 0 spiro atoms.